The van der Waals surface area contributed by atoms with Gasteiger partial charge in [0.05, 0.1) is 0 Å². The Kier molecular flexibility index (Phi) is 2.73. The highest BCUT2D eigenvalue weighted by molar-refractivity contribution is 5.37. The van der Waals surface area contributed by atoms with Crippen LogP contribution in [0.1, 0.15) is 6.92 Å². The maximum atomic E-state index is 11.9. The molecule has 0 bridgehead atoms. The van der Waals surface area contributed by atoms with Crippen LogP contribution in [-0.4, -0.2) is 35.2 Å². The lowest BCUT2D eigenvalue weighted by Crippen LogP contribution is -2.52. The highest BCUT2D eigenvalue weighted by atomic mass is 16.1. The molecule has 1 aromatic heterocycles. The Morgan fingerprint density at radius 1 is 1.60 bits per heavy atom. The van der Waals surface area contributed by atoms with E-state index >= 15 is 0 Å². The summed E-state index contributed by atoms with van der Waals surface area (Å²) in [6.07, 6.45) is 3.35. The molecule has 2 rings (SSSR count). The van der Waals surface area contributed by atoms with Crippen LogP contribution in [0, 0.1) is 0 Å². The Hall–Kier alpha value is -1.36. The summed E-state index contributed by atoms with van der Waals surface area (Å²) in [7, 11) is 1.75. The highest BCUT2D eigenvalue weighted by Crippen LogP contribution is 2.09. The average molecular weight is 208 g/mol. The Morgan fingerprint density at radius 2 is 2.40 bits per heavy atom. The van der Waals surface area contributed by atoms with Gasteiger partial charge < -0.3 is 14.8 Å². The summed E-state index contributed by atoms with van der Waals surface area (Å²) < 4.78 is 1.57. The van der Waals surface area contributed by atoms with Gasteiger partial charge in [-0.05, 0) is 6.92 Å². The molecule has 1 saturated heterocycles. The van der Waals surface area contributed by atoms with Crippen molar-refractivity contribution in [2.75, 3.05) is 24.5 Å². The predicted octanol–water partition coefficient (Wildman–Crippen LogP) is -0.422. The summed E-state index contributed by atoms with van der Waals surface area (Å²) in [5.74, 6) is 0.564. The molecule has 1 N–H and O–H groups in total. The van der Waals surface area contributed by atoms with Crippen molar-refractivity contribution in [3.63, 3.8) is 0 Å². The molecule has 0 saturated carbocycles. The van der Waals surface area contributed by atoms with Gasteiger partial charge in [-0.3, -0.25) is 4.79 Å². The maximum Gasteiger partial charge on any atom is 0.293 e. The van der Waals surface area contributed by atoms with Crippen LogP contribution >= 0.6 is 0 Å². The molecular weight excluding hydrogens is 192 g/mol. The lowest BCUT2D eigenvalue weighted by Gasteiger charge is -2.34. The summed E-state index contributed by atoms with van der Waals surface area (Å²) in [6.45, 7) is 4.75. The zero-order valence-corrected chi connectivity index (χ0v) is 9.10. The Morgan fingerprint density at radius 3 is 3.13 bits per heavy atom. The van der Waals surface area contributed by atoms with Crippen LogP contribution in [0.2, 0.25) is 0 Å². The van der Waals surface area contributed by atoms with Gasteiger partial charge in [0.15, 0.2) is 5.82 Å². The first kappa shape index (κ1) is 10.2. The van der Waals surface area contributed by atoms with Crippen molar-refractivity contribution in [1.82, 2.24) is 14.9 Å². The molecule has 1 unspecified atom stereocenters. The third-order valence-corrected chi connectivity index (χ3v) is 2.77. The van der Waals surface area contributed by atoms with Crippen molar-refractivity contribution in [2.45, 2.75) is 13.0 Å². The van der Waals surface area contributed by atoms with E-state index < -0.39 is 0 Å². The molecule has 0 spiro atoms. The fraction of sp³-hybridized carbons (Fsp3) is 0.600. The van der Waals surface area contributed by atoms with Gasteiger partial charge in [0, 0.05) is 45.1 Å². The van der Waals surface area contributed by atoms with Crippen LogP contribution < -0.4 is 15.8 Å². The number of aryl methyl sites for hydroxylation is 1. The minimum absolute atomic E-state index is 0.0220. The smallest absolute Gasteiger partial charge is 0.293 e. The lowest BCUT2D eigenvalue weighted by atomic mass is 10.2. The lowest BCUT2D eigenvalue weighted by molar-refractivity contribution is 0.494. The van der Waals surface area contributed by atoms with Crippen molar-refractivity contribution in [3.05, 3.63) is 22.7 Å². The molecule has 1 aromatic rings. The van der Waals surface area contributed by atoms with Gasteiger partial charge in [0.1, 0.15) is 0 Å². The second kappa shape index (κ2) is 4.02. The summed E-state index contributed by atoms with van der Waals surface area (Å²) in [4.78, 5) is 18.1. The van der Waals surface area contributed by atoms with Gasteiger partial charge in [0.25, 0.3) is 5.56 Å². The van der Waals surface area contributed by atoms with E-state index in [-0.39, 0.29) is 5.56 Å². The fourth-order valence-corrected chi connectivity index (χ4v) is 1.84. The Labute approximate surface area is 88.7 Å². The molecule has 1 aliphatic rings. The summed E-state index contributed by atoms with van der Waals surface area (Å²) in [5, 5.41) is 3.29. The van der Waals surface area contributed by atoms with E-state index in [0.29, 0.717) is 11.9 Å². The second-order valence-electron chi connectivity index (χ2n) is 3.91. The molecule has 0 aromatic carbocycles. The Bertz CT molecular complexity index is 401. The third-order valence-electron chi connectivity index (χ3n) is 2.77. The zero-order valence-electron chi connectivity index (χ0n) is 9.10. The maximum absolute atomic E-state index is 11.9. The van der Waals surface area contributed by atoms with Crippen LogP contribution in [0.3, 0.4) is 0 Å². The van der Waals surface area contributed by atoms with E-state index in [1.54, 1.807) is 24.0 Å². The molecule has 5 heteroatoms. The van der Waals surface area contributed by atoms with Crippen LogP contribution in [0.15, 0.2) is 17.2 Å². The van der Waals surface area contributed by atoms with Crippen molar-refractivity contribution < 1.29 is 0 Å². The van der Waals surface area contributed by atoms with Gasteiger partial charge >= 0.3 is 0 Å². The number of nitrogens with zero attached hydrogens (tertiary/aromatic N) is 3. The SMILES string of the molecule is CC1CNCCN1c1nccn(C)c1=O. The van der Waals surface area contributed by atoms with Crippen LogP contribution in [0.4, 0.5) is 5.82 Å². The molecule has 1 fully saturated rings. The van der Waals surface area contributed by atoms with Crippen molar-refractivity contribution in [2.24, 2.45) is 7.05 Å². The fourth-order valence-electron chi connectivity index (χ4n) is 1.84. The molecule has 0 radical (unpaired) electrons. The second-order valence-corrected chi connectivity index (χ2v) is 3.91. The van der Waals surface area contributed by atoms with Crippen molar-refractivity contribution >= 4 is 5.82 Å². The van der Waals surface area contributed by atoms with Crippen LogP contribution in [-0.2, 0) is 7.05 Å². The number of hydrogen-bond donors (Lipinski definition) is 1. The summed E-state index contributed by atoms with van der Waals surface area (Å²) in [6, 6.07) is 0.321. The number of rotatable bonds is 1. The first-order valence-electron chi connectivity index (χ1n) is 5.19. The largest absolute Gasteiger partial charge is 0.347 e. The average Bonchev–Trinajstić information content (AvgIpc) is 2.23. The molecular formula is C10H16N4O. The number of hydrogen-bond acceptors (Lipinski definition) is 4. The number of aromatic nitrogens is 2. The number of piperazine rings is 1. The standard InChI is InChI=1S/C10H16N4O/c1-8-7-11-3-6-14(8)9-10(15)13(2)5-4-12-9/h4-5,8,11H,3,6-7H2,1-2H3. The minimum atomic E-state index is -0.0220. The summed E-state index contributed by atoms with van der Waals surface area (Å²) in [5.41, 5.74) is -0.0220. The van der Waals surface area contributed by atoms with E-state index in [0.717, 1.165) is 19.6 Å². The molecule has 0 aliphatic carbocycles. The van der Waals surface area contributed by atoms with Gasteiger partial charge in [-0.15, -0.1) is 0 Å². The quantitative estimate of drug-likeness (QED) is 0.681. The normalized spacial score (nSPS) is 21.7. The van der Waals surface area contributed by atoms with Crippen LogP contribution in [0.5, 0.6) is 0 Å². The van der Waals surface area contributed by atoms with Crippen molar-refractivity contribution in [1.29, 1.82) is 0 Å². The van der Waals surface area contributed by atoms with E-state index in [2.05, 4.69) is 22.1 Å². The molecule has 1 atom stereocenters. The minimum Gasteiger partial charge on any atom is -0.347 e. The number of nitrogens with one attached hydrogen (secondary N) is 1. The Balaban J connectivity index is 2.36. The first-order valence-corrected chi connectivity index (χ1v) is 5.19. The van der Waals surface area contributed by atoms with E-state index in [1.165, 1.54) is 0 Å². The highest BCUT2D eigenvalue weighted by Gasteiger charge is 2.21. The van der Waals surface area contributed by atoms with E-state index in [9.17, 15) is 4.79 Å². The monoisotopic (exact) mass is 208 g/mol. The predicted molar refractivity (Wildman–Crippen MR) is 59.2 cm³/mol. The van der Waals surface area contributed by atoms with Gasteiger partial charge in [-0.25, -0.2) is 4.98 Å². The van der Waals surface area contributed by atoms with Crippen molar-refractivity contribution in [3.8, 4) is 0 Å². The topological polar surface area (TPSA) is 50.2 Å². The van der Waals surface area contributed by atoms with Gasteiger partial charge in [-0.1, -0.05) is 0 Å². The van der Waals surface area contributed by atoms with E-state index in [4.69, 9.17) is 0 Å². The zero-order chi connectivity index (χ0) is 10.8. The number of anilines is 1. The molecule has 2 heterocycles. The molecule has 82 valence electrons. The molecule has 15 heavy (non-hydrogen) atoms. The van der Waals surface area contributed by atoms with Crippen LogP contribution in [0.25, 0.3) is 0 Å². The summed E-state index contributed by atoms with van der Waals surface area (Å²) >= 11 is 0. The molecule has 0 amide bonds. The van der Waals surface area contributed by atoms with Gasteiger partial charge in [-0.2, -0.15) is 0 Å². The van der Waals surface area contributed by atoms with Gasteiger partial charge in [0.2, 0.25) is 0 Å². The third kappa shape index (κ3) is 1.87. The molecule has 5 nitrogen and oxygen atoms in total. The first-order chi connectivity index (χ1) is 7.20. The van der Waals surface area contributed by atoms with E-state index in [1.807, 2.05) is 0 Å². The molecule has 1 aliphatic heterocycles.